The minimum Gasteiger partial charge on any atom is -0.395 e. The van der Waals surface area contributed by atoms with Gasteiger partial charge >= 0.3 is 0 Å². The van der Waals surface area contributed by atoms with E-state index in [1.54, 1.807) is 24.1 Å². The summed E-state index contributed by atoms with van der Waals surface area (Å²) in [6.07, 6.45) is 1.49. The van der Waals surface area contributed by atoms with Gasteiger partial charge in [0, 0.05) is 18.6 Å². The molecule has 0 aliphatic carbocycles. The maximum atomic E-state index is 12.3. The summed E-state index contributed by atoms with van der Waals surface area (Å²) in [5, 5.41) is 13.7. The number of hydrogen-bond donors (Lipinski definition) is 1. The molecule has 112 valence electrons. The molecule has 0 amide bonds. The van der Waals surface area contributed by atoms with E-state index >= 15 is 0 Å². The van der Waals surface area contributed by atoms with Gasteiger partial charge in [0.1, 0.15) is 5.02 Å². The van der Waals surface area contributed by atoms with E-state index < -0.39 is 5.56 Å². The van der Waals surface area contributed by atoms with Crippen LogP contribution in [0.1, 0.15) is 5.56 Å². The van der Waals surface area contributed by atoms with Crippen LogP contribution in [0.2, 0.25) is 10.0 Å². The molecule has 1 heterocycles. The third-order valence-corrected chi connectivity index (χ3v) is 3.91. The number of rotatable bonds is 4. The van der Waals surface area contributed by atoms with Crippen LogP contribution < -0.4 is 10.5 Å². The molecule has 21 heavy (non-hydrogen) atoms. The van der Waals surface area contributed by atoms with Crippen molar-refractivity contribution >= 4 is 28.9 Å². The number of benzene rings is 1. The maximum absolute atomic E-state index is 12.3. The first-order chi connectivity index (χ1) is 9.95. The molecule has 0 aliphatic rings. The fourth-order valence-corrected chi connectivity index (χ4v) is 2.31. The number of anilines is 1. The van der Waals surface area contributed by atoms with Gasteiger partial charge in [-0.05, 0) is 24.6 Å². The zero-order chi connectivity index (χ0) is 15.6. The number of halogens is 2. The lowest BCUT2D eigenvalue weighted by molar-refractivity contribution is 0.304. The predicted octanol–water partition coefficient (Wildman–Crippen LogP) is 2.28. The molecule has 0 saturated carbocycles. The molecule has 0 saturated heterocycles. The van der Waals surface area contributed by atoms with Gasteiger partial charge < -0.3 is 10.0 Å². The minimum atomic E-state index is -0.432. The Labute approximate surface area is 132 Å². The number of aromatic nitrogens is 2. The Morgan fingerprint density at radius 3 is 2.71 bits per heavy atom. The molecule has 1 aromatic heterocycles. The highest BCUT2D eigenvalue weighted by Gasteiger charge is 2.14. The molecule has 0 aliphatic heterocycles. The van der Waals surface area contributed by atoms with Crippen LogP contribution in [0.4, 0.5) is 5.69 Å². The molecule has 0 unspecified atom stereocenters. The van der Waals surface area contributed by atoms with Crippen molar-refractivity contribution in [1.82, 2.24) is 9.78 Å². The van der Waals surface area contributed by atoms with Crippen molar-refractivity contribution in [2.24, 2.45) is 0 Å². The largest absolute Gasteiger partial charge is 0.395 e. The highest BCUT2D eigenvalue weighted by atomic mass is 35.5. The molecule has 0 atom stereocenters. The monoisotopic (exact) mass is 327 g/mol. The lowest BCUT2D eigenvalue weighted by Gasteiger charge is -2.19. The molecule has 1 aromatic carbocycles. The van der Waals surface area contributed by atoms with Gasteiger partial charge in [0.25, 0.3) is 5.56 Å². The molecule has 0 spiro atoms. The zero-order valence-corrected chi connectivity index (χ0v) is 13.2. The number of nitrogens with zero attached hydrogens (tertiary/aromatic N) is 3. The van der Waals surface area contributed by atoms with E-state index in [0.717, 1.165) is 5.56 Å². The van der Waals surface area contributed by atoms with E-state index in [1.165, 1.54) is 10.9 Å². The second kappa shape index (κ2) is 6.47. The van der Waals surface area contributed by atoms with Crippen LogP contribution >= 0.6 is 23.2 Å². The third kappa shape index (κ3) is 3.20. The van der Waals surface area contributed by atoms with Crippen LogP contribution in [0.5, 0.6) is 0 Å². The van der Waals surface area contributed by atoms with Crippen molar-refractivity contribution in [3.8, 4) is 5.69 Å². The number of aliphatic hydroxyl groups is 1. The van der Waals surface area contributed by atoms with Crippen LogP contribution in [0, 0.1) is 6.92 Å². The second-order valence-electron chi connectivity index (χ2n) is 4.64. The maximum Gasteiger partial charge on any atom is 0.292 e. The summed E-state index contributed by atoms with van der Waals surface area (Å²) < 4.78 is 1.20. The molecule has 5 nitrogen and oxygen atoms in total. The van der Waals surface area contributed by atoms with Gasteiger partial charge in [-0.1, -0.05) is 29.3 Å². The Morgan fingerprint density at radius 2 is 2.10 bits per heavy atom. The highest BCUT2D eigenvalue weighted by molar-refractivity contribution is 6.33. The number of hydrogen-bond acceptors (Lipinski definition) is 4. The van der Waals surface area contributed by atoms with Crippen molar-refractivity contribution in [2.45, 2.75) is 6.92 Å². The van der Waals surface area contributed by atoms with E-state index in [4.69, 9.17) is 28.3 Å². The molecule has 0 bridgehead atoms. The molecule has 2 rings (SSSR count). The van der Waals surface area contributed by atoms with E-state index in [9.17, 15) is 4.79 Å². The smallest absolute Gasteiger partial charge is 0.292 e. The first-order valence-electron chi connectivity index (χ1n) is 6.32. The first-order valence-corrected chi connectivity index (χ1v) is 7.07. The van der Waals surface area contributed by atoms with Crippen LogP contribution in [0.3, 0.4) is 0 Å². The summed E-state index contributed by atoms with van der Waals surface area (Å²) in [6.45, 7) is 2.20. The summed E-state index contributed by atoms with van der Waals surface area (Å²) in [7, 11) is 1.73. The van der Waals surface area contributed by atoms with Crippen molar-refractivity contribution in [1.29, 1.82) is 0 Å². The molecular weight excluding hydrogens is 313 g/mol. The van der Waals surface area contributed by atoms with Crippen molar-refractivity contribution in [2.75, 3.05) is 25.1 Å². The second-order valence-corrected chi connectivity index (χ2v) is 5.42. The van der Waals surface area contributed by atoms with Gasteiger partial charge in [-0.25, -0.2) is 0 Å². The summed E-state index contributed by atoms with van der Waals surface area (Å²) in [5.74, 6) is 0. The molecule has 0 radical (unpaired) electrons. The Hall–Kier alpha value is -1.56. The highest BCUT2D eigenvalue weighted by Crippen LogP contribution is 2.22. The van der Waals surface area contributed by atoms with E-state index in [0.29, 0.717) is 22.9 Å². The van der Waals surface area contributed by atoms with Gasteiger partial charge in [0.05, 0.1) is 24.2 Å². The summed E-state index contributed by atoms with van der Waals surface area (Å²) in [6, 6.07) is 5.23. The Bertz CT molecular complexity index is 716. The lowest BCUT2D eigenvalue weighted by atomic mass is 10.2. The van der Waals surface area contributed by atoms with E-state index in [-0.39, 0.29) is 11.6 Å². The van der Waals surface area contributed by atoms with Gasteiger partial charge in [-0.3, -0.25) is 4.79 Å². The summed E-state index contributed by atoms with van der Waals surface area (Å²) in [4.78, 5) is 14.0. The molecule has 0 fully saturated rings. The zero-order valence-electron chi connectivity index (χ0n) is 11.7. The molecular formula is C14H15Cl2N3O2. The molecule has 1 N–H and O–H groups in total. The van der Waals surface area contributed by atoms with Gasteiger partial charge in [0.2, 0.25) is 0 Å². The van der Waals surface area contributed by atoms with Crippen LogP contribution in [-0.2, 0) is 0 Å². The quantitative estimate of drug-likeness (QED) is 0.935. The van der Waals surface area contributed by atoms with E-state index in [2.05, 4.69) is 5.10 Å². The standard InChI is InChI=1S/C14H15Cl2N3O2/c1-9-3-4-10(7-11(9)15)19-14(21)13(16)12(8-17-19)18(2)5-6-20/h3-4,7-8,20H,5-6H2,1-2H3. The Balaban J connectivity index is 2.50. The van der Waals surface area contributed by atoms with Crippen LogP contribution in [0.15, 0.2) is 29.2 Å². The first kappa shape index (κ1) is 15.8. The normalized spacial score (nSPS) is 10.7. The van der Waals surface area contributed by atoms with Gasteiger partial charge in [0.15, 0.2) is 0 Å². The van der Waals surface area contributed by atoms with Crippen molar-refractivity contribution in [3.63, 3.8) is 0 Å². The lowest BCUT2D eigenvalue weighted by Crippen LogP contribution is -2.28. The van der Waals surface area contributed by atoms with E-state index in [1.807, 2.05) is 13.0 Å². The average molecular weight is 328 g/mol. The molecule has 7 heteroatoms. The average Bonchev–Trinajstić information content (AvgIpc) is 2.45. The Kier molecular flexibility index (Phi) is 4.88. The van der Waals surface area contributed by atoms with Crippen LogP contribution in [0.25, 0.3) is 5.69 Å². The SMILES string of the molecule is Cc1ccc(-n2ncc(N(C)CCO)c(Cl)c2=O)cc1Cl. The van der Waals surface area contributed by atoms with Crippen molar-refractivity contribution < 1.29 is 5.11 Å². The topological polar surface area (TPSA) is 58.4 Å². The van der Waals surface area contributed by atoms with Crippen LogP contribution in [-0.4, -0.2) is 35.1 Å². The Morgan fingerprint density at radius 1 is 1.38 bits per heavy atom. The van der Waals surface area contributed by atoms with Gasteiger partial charge in [-0.2, -0.15) is 9.78 Å². The van der Waals surface area contributed by atoms with Crippen molar-refractivity contribution in [3.05, 3.63) is 50.4 Å². The molecule has 2 aromatic rings. The number of likely N-dealkylation sites (N-methyl/N-ethyl adjacent to an activating group) is 1. The fraction of sp³-hybridized carbons (Fsp3) is 0.286. The minimum absolute atomic E-state index is 0.0382. The van der Waals surface area contributed by atoms with Gasteiger partial charge in [-0.15, -0.1) is 0 Å². The summed E-state index contributed by atoms with van der Waals surface area (Å²) >= 11 is 12.2. The summed E-state index contributed by atoms with van der Waals surface area (Å²) in [5.41, 5.74) is 1.51. The number of aryl methyl sites for hydroxylation is 1. The fourth-order valence-electron chi connectivity index (χ4n) is 1.86. The predicted molar refractivity (Wildman–Crippen MR) is 84.9 cm³/mol. The number of aliphatic hydroxyl groups excluding tert-OH is 1. The third-order valence-electron chi connectivity index (χ3n) is 3.15.